The van der Waals surface area contributed by atoms with Crippen LogP contribution >= 0.6 is 0 Å². The first-order valence-electron chi connectivity index (χ1n) is 8.94. The van der Waals surface area contributed by atoms with Crippen LogP contribution < -0.4 is 14.2 Å². The highest BCUT2D eigenvalue weighted by atomic mass is 16.6. The van der Waals surface area contributed by atoms with Crippen LogP contribution in [0.1, 0.15) is 15.9 Å². The van der Waals surface area contributed by atoms with Gasteiger partial charge in [-0.1, -0.05) is 18.2 Å². The van der Waals surface area contributed by atoms with Crippen molar-refractivity contribution in [2.45, 2.75) is 0 Å². The second-order valence-electron chi connectivity index (χ2n) is 6.23. The number of carbonyl (C=O) groups excluding carboxylic acids is 3. The molecule has 0 aliphatic rings. The molecule has 2 rings (SSSR count). The molecule has 0 bridgehead atoms. The van der Waals surface area contributed by atoms with Gasteiger partial charge < -0.3 is 23.8 Å². The van der Waals surface area contributed by atoms with Gasteiger partial charge in [-0.25, -0.2) is 9.59 Å². The average molecular weight is 413 g/mol. The molecule has 0 aromatic heterocycles. The lowest BCUT2D eigenvalue weighted by molar-refractivity contribution is -0.134. The van der Waals surface area contributed by atoms with E-state index in [0.29, 0.717) is 11.3 Å². The number of esters is 2. The number of para-hydroxylation sites is 1. The fraction of sp³-hybridized carbons (Fsp3) is 0.227. The van der Waals surface area contributed by atoms with Gasteiger partial charge in [-0.05, 0) is 35.9 Å². The number of likely N-dealkylation sites (N-methyl/N-ethyl adjacent to an activating group) is 1. The van der Waals surface area contributed by atoms with Crippen molar-refractivity contribution in [3.05, 3.63) is 59.7 Å². The van der Waals surface area contributed by atoms with Crippen LogP contribution in [0.3, 0.4) is 0 Å². The Bertz CT molecular complexity index is 950. The predicted octanol–water partition coefficient (Wildman–Crippen LogP) is 2.57. The SMILES string of the molecule is COC(=O)/C=C/c1ccc(OC(=O)c2ccccc2OCC(=O)N(C)C)c(OC)c1. The average Bonchev–Trinajstić information content (AvgIpc) is 2.76. The van der Waals surface area contributed by atoms with Crippen molar-refractivity contribution in [3.8, 4) is 17.2 Å². The van der Waals surface area contributed by atoms with Crippen LogP contribution in [0.25, 0.3) is 6.08 Å². The summed E-state index contributed by atoms with van der Waals surface area (Å²) in [4.78, 5) is 37.1. The number of hydrogen-bond acceptors (Lipinski definition) is 7. The van der Waals surface area contributed by atoms with E-state index in [9.17, 15) is 14.4 Å². The Balaban J connectivity index is 2.19. The van der Waals surface area contributed by atoms with Crippen molar-refractivity contribution >= 4 is 23.9 Å². The molecule has 30 heavy (non-hydrogen) atoms. The fourth-order valence-corrected chi connectivity index (χ4v) is 2.29. The highest BCUT2D eigenvalue weighted by molar-refractivity contribution is 5.94. The van der Waals surface area contributed by atoms with E-state index < -0.39 is 11.9 Å². The number of rotatable bonds is 8. The molecular weight excluding hydrogens is 390 g/mol. The van der Waals surface area contributed by atoms with E-state index in [4.69, 9.17) is 14.2 Å². The van der Waals surface area contributed by atoms with Crippen molar-refractivity contribution < 1.29 is 33.3 Å². The molecule has 2 aromatic rings. The topological polar surface area (TPSA) is 91.4 Å². The number of nitrogens with zero attached hydrogens (tertiary/aromatic N) is 1. The van der Waals surface area contributed by atoms with E-state index in [2.05, 4.69) is 4.74 Å². The van der Waals surface area contributed by atoms with Crippen molar-refractivity contribution in [2.75, 3.05) is 34.9 Å². The van der Waals surface area contributed by atoms with Gasteiger partial charge in [0.25, 0.3) is 5.91 Å². The molecule has 158 valence electrons. The van der Waals surface area contributed by atoms with Crippen LogP contribution in [0.2, 0.25) is 0 Å². The van der Waals surface area contributed by atoms with Crippen molar-refractivity contribution in [3.63, 3.8) is 0 Å². The molecule has 0 unspecified atom stereocenters. The third-order valence-corrected chi connectivity index (χ3v) is 3.96. The van der Waals surface area contributed by atoms with Gasteiger partial charge in [0.2, 0.25) is 0 Å². The molecule has 0 fully saturated rings. The minimum atomic E-state index is -0.668. The Morgan fingerprint density at radius 2 is 1.70 bits per heavy atom. The summed E-state index contributed by atoms with van der Waals surface area (Å²) in [6.07, 6.45) is 2.81. The lowest BCUT2D eigenvalue weighted by atomic mass is 10.1. The quantitative estimate of drug-likeness (QED) is 0.373. The Kier molecular flexibility index (Phi) is 7.99. The Morgan fingerprint density at radius 3 is 2.37 bits per heavy atom. The third-order valence-electron chi connectivity index (χ3n) is 3.96. The Labute approximate surface area is 174 Å². The zero-order valence-electron chi connectivity index (χ0n) is 17.2. The Morgan fingerprint density at radius 1 is 0.967 bits per heavy atom. The molecule has 0 saturated carbocycles. The van der Waals surface area contributed by atoms with E-state index in [1.54, 1.807) is 56.6 Å². The van der Waals surface area contributed by atoms with Crippen molar-refractivity contribution in [1.29, 1.82) is 0 Å². The normalized spacial score (nSPS) is 10.4. The zero-order valence-corrected chi connectivity index (χ0v) is 17.2. The molecule has 1 amide bonds. The van der Waals surface area contributed by atoms with Crippen LogP contribution in [-0.4, -0.2) is 57.7 Å². The summed E-state index contributed by atoms with van der Waals surface area (Å²) in [6.45, 7) is -0.207. The summed E-state index contributed by atoms with van der Waals surface area (Å²) in [5.41, 5.74) is 0.823. The molecular formula is C22H23NO7. The lowest BCUT2D eigenvalue weighted by Gasteiger charge is -2.14. The number of benzene rings is 2. The Hall–Kier alpha value is -3.81. The number of hydrogen-bond donors (Lipinski definition) is 0. The van der Waals surface area contributed by atoms with E-state index >= 15 is 0 Å². The molecule has 0 atom stereocenters. The summed E-state index contributed by atoms with van der Waals surface area (Å²) in [5, 5.41) is 0. The maximum atomic E-state index is 12.7. The monoisotopic (exact) mass is 413 g/mol. The second kappa shape index (κ2) is 10.7. The van der Waals surface area contributed by atoms with E-state index in [0.717, 1.165) is 0 Å². The van der Waals surface area contributed by atoms with Crippen LogP contribution in [0.4, 0.5) is 0 Å². The fourth-order valence-electron chi connectivity index (χ4n) is 2.29. The van der Waals surface area contributed by atoms with E-state index in [1.165, 1.54) is 31.3 Å². The standard InChI is InChI=1S/C22H23NO7/c1-23(2)20(24)14-29-17-8-6-5-7-16(17)22(26)30-18-11-9-15(13-19(18)27-3)10-12-21(25)28-4/h5-13H,14H2,1-4H3/b12-10+. The van der Waals surface area contributed by atoms with Gasteiger partial charge in [-0.15, -0.1) is 0 Å². The first kappa shape index (κ1) is 22.5. The first-order valence-corrected chi connectivity index (χ1v) is 8.94. The van der Waals surface area contributed by atoms with Crippen LogP contribution in [-0.2, 0) is 14.3 Å². The number of amides is 1. The summed E-state index contributed by atoms with van der Waals surface area (Å²) >= 11 is 0. The molecule has 0 aliphatic carbocycles. The molecule has 0 N–H and O–H groups in total. The van der Waals surface area contributed by atoms with Gasteiger partial charge in [0.15, 0.2) is 18.1 Å². The van der Waals surface area contributed by atoms with Crippen LogP contribution in [0, 0.1) is 0 Å². The van der Waals surface area contributed by atoms with Gasteiger partial charge in [-0.3, -0.25) is 4.79 Å². The van der Waals surface area contributed by atoms with E-state index in [-0.39, 0.29) is 29.6 Å². The van der Waals surface area contributed by atoms with Crippen LogP contribution in [0.15, 0.2) is 48.5 Å². The van der Waals surface area contributed by atoms with Gasteiger partial charge >= 0.3 is 11.9 Å². The summed E-state index contributed by atoms with van der Waals surface area (Å²) < 4.78 is 20.8. The smallest absolute Gasteiger partial charge is 0.347 e. The number of carbonyl (C=O) groups is 3. The molecule has 8 nitrogen and oxygen atoms in total. The molecule has 0 aliphatic heterocycles. The van der Waals surface area contributed by atoms with Gasteiger partial charge in [0.1, 0.15) is 11.3 Å². The highest BCUT2D eigenvalue weighted by Gasteiger charge is 2.18. The van der Waals surface area contributed by atoms with Gasteiger partial charge in [-0.2, -0.15) is 0 Å². The van der Waals surface area contributed by atoms with Gasteiger partial charge in [0, 0.05) is 20.2 Å². The molecule has 2 aromatic carbocycles. The largest absolute Gasteiger partial charge is 0.493 e. The highest BCUT2D eigenvalue weighted by Crippen LogP contribution is 2.30. The molecule has 0 spiro atoms. The molecule has 0 heterocycles. The minimum Gasteiger partial charge on any atom is -0.493 e. The molecule has 8 heteroatoms. The summed E-state index contributed by atoms with van der Waals surface area (Å²) in [5.74, 6) is -0.675. The minimum absolute atomic E-state index is 0.167. The van der Waals surface area contributed by atoms with Crippen molar-refractivity contribution in [2.24, 2.45) is 0 Å². The second-order valence-corrected chi connectivity index (χ2v) is 6.23. The van der Waals surface area contributed by atoms with Crippen molar-refractivity contribution in [1.82, 2.24) is 4.90 Å². The molecule has 0 radical (unpaired) electrons. The maximum Gasteiger partial charge on any atom is 0.347 e. The first-order chi connectivity index (χ1) is 14.3. The van der Waals surface area contributed by atoms with Gasteiger partial charge in [0.05, 0.1) is 14.2 Å². The predicted molar refractivity (Wildman–Crippen MR) is 110 cm³/mol. The van der Waals surface area contributed by atoms with E-state index in [1.807, 2.05) is 0 Å². The zero-order chi connectivity index (χ0) is 22.1. The lowest BCUT2D eigenvalue weighted by Crippen LogP contribution is -2.28. The maximum absolute atomic E-state index is 12.7. The summed E-state index contributed by atoms with van der Waals surface area (Å²) in [6, 6.07) is 11.3. The summed E-state index contributed by atoms with van der Waals surface area (Å²) in [7, 11) is 5.95. The number of methoxy groups -OCH3 is 2. The van der Waals surface area contributed by atoms with Crippen LogP contribution in [0.5, 0.6) is 17.2 Å². The number of ether oxygens (including phenoxy) is 4. The third kappa shape index (κ3) is 6.10. The molecule has 0 saturated heterocycles.